The summed E-state index contributed by atoms with van der Waals surface area (Å²) in [6, 6.07) is 3.12. The first-order valence-electron chi connectivity index (χ1n) is 7.43. The molecule has 2 aliphatic heterocycles. The Morgan fingerprint density at radius 2 is 2.16 bits per heavy atom. The van der Waals surface area contributed by atoms with Crippen LogP contribution in [0.4, 0.5) is 0 Å². The molecular formula is C15H23BrN2S. The van der Waals surface area contributed by atoms with Gasteiger partial charge in [-0.3, -0.25) is 4.90 Å². The van der Waals surface area contributed by atoms with E-state index in [9.17, 15) is 0 Å². The summed E-state index contributed by atoms with van der Waals surface area (Å²) in [6.07, 6.45) is 5.54. The second-order valence-corrected chi connectivity index (χ2v) is 8.13. The van der Waals surface area contributed by atoms with Crippen molar-refractivity contribution in [2.75, 3.05) is 19.6 Å². The molecule has 0 bridgehead atoms. The van der Waals surface area contributed by atoms with E-state index in [0.29, 0.717) is 0 Å². The monoisotopic (exact) mass is 342 g/mol. The maximum Gasteiger partial charge on any atom is 0.0328 e. The normalized spacial score (nSPS) is 26.1. The number of hydrogen-bond donors (Lipinski definition) is 1. The van der Waals surface area contributed by atoms with Crippen molar-refractivity contribution >= 4 is 27.3 Å². The van der Waals surface area contributed by atoms with Gasteiger partial charge in [0.2, 0.25) is 0 Å². The van der Waals surface area contributed by atoms with Gasteiger partial charge < -0.3 is 5.32 Å². The molecule has 2 fully saturated rings. The minimum Gasteiger partial charge on any atom is -0.314 e. The Morgan fingerprint density at radius 1 is 1.37 bits per heavy atom. The maximum atomic E-state index is 3.68. The molecule has 2 aliphatic rings. The van der Waals surface area contributed by atoms with Crippen LogP contribution in [-0.2, 0) is 6.54 Å². The zero-order chi connectivity index (χ0) is 13.2. The topological polar surface area (TPSA) is 15.3 Å². The Bertz CT molecular complexity index is 398. The molecule has 0 amide bonds. The summed E-state index contributed by atoms with van der Waals surface area (Å²) in [4.78, 5) is 5.53. The number of nitrogens with one attached hydrogen (secondary N) is 1. The van der Waals surface area contributed by atoms with Crippen LogP contribution in [0, 0.1) is 12.8 Å². The van der Waals surface area contributed by atoms with Crippen molar-refractivity contribution in [2.45, 2.75) is 45.2 Å². The molecule has 19 heavy (non-hydrogen) atoms. The number of nitrogens with zero attached hydrogens (tertiary/aromatic N) is 1. The lowest BCUT2D eigenvalue weighted by Crippen LogP contribution is -2.40. The van der Waals surface area contributed by atoms with Crippen molar-refractivity contribution in [1.29, 1.82) is 0 Å². The fourth-order valence-electron chi connectivity index (χ4n) is 3.44. The summed E-state index contributed by atoms with van der Waals surface area (Å²) in [5.74, 6) is 0.926. The summed E-state index contributed by atoms with van der Waals surface area (Å²) in [7, 11) is 0. The lowest BCUT2D eigenvalue weighted by Gasteiger charge is -2.34. The third-order valence-electron chi connectivity index (χ3n) is 4.59. The van der Waals surface area contributed by atoms with Gasteiger partial charge in [0.25, 0.3) is 0 Å². The van der Waals surface area contributed by atoms with Crippen molar-refractivity contribution < 1.29 is 0 Å². The Hall–Kier alpha value is 0.100. The van der Waals surface area contributed by atoms with Gasteiger partial charge in [-0.05, 0) is 80.2 Å². The van der Waals surface area contributed by atoms with Gasteiger partial charge in [-0.2, -0.15) is 0 Å². The third kappa shape index (κ3) is 3.41. The highest BCUT2D eigenvalue weighted by molar-refractivity contribution is 9.10. The highest BCUT2D eigenvalue weighted by Gasteiger charge is 2.28. The smallest absolute Gasteiger partial charge is 0.0328 e. The molecule has 106 valence electrons. The summed E-state index contributed by atoms with van der Waals surface area (Å²) < 4.78 is 1.28. The van der Waals surface area contributed by atoms with Gasteiger partial charge in [0.05, 0.1) is 0 Å². The average molecular weight is 343 g/mol. The molecule has 1 aromatic heterocycles. The van der Waals surface area contributed by atoms with Gasteiger partial charge in [0, 0.05) is 26.8 Å². The van der Waals surface area contributed by atoms with Crippen molar-refractivity contribution in [3.63, 3.8) is 0 Å². The van der Waals surface area contributed by atoms with E-state index in [1.54, 1.807) is 0 Å². The van der Waals surface area contributed by atoms with E-state index >= 15 is 0 Å². The van der Waals surface area contributed by atoms with E-state index in [4.69, 9.17) is 0 Å². The molecule has 1 atom stereocenters. The predicted octanol–water partition coefficient (Wildman–Crippen LogP) is 3.78. The van der Waals surface area contributed by atoms with Crippen molar-refractivity contribution in [3.05, 3.63) is 20.3 Å². The van der Waals surface area contributed by atoms with Gasteiger partial charge in [-0.25, -0.2) is 0 Å². The summed E-state index contributed by atoms with van der Waals surface area (Å²) in [5.41, 5.74) is 0. The van der Waals surface area contributed by atoms with Gasteiger partial charge in [0.15, 0.2) is 0 Å². The molecule has 2 saturated heterocycles. The second-order valence-electron chi connectivity index (χ2n) is 5.93. The number of piperidine rings is 1. The lowest BCUT2D eigenvalue weighted by molar-refractivity contribution is 0.158. The number of halogens is 1. The molecule has 0 radical (unpaired) electrons. The molecule has 1 N–H and O–H groups in total. The van der Waals surface area contributed by atoms with E-state index in [0.717, 1.165) is 18.5 Å². The Kier molecular flexibility index (Phi) is 4.62. The minimum atomic E-state index is 0.820. The quantitative estimate of drug-likeness (QED) is 0.898. The van der Waals surface area contributed by atoms with Crippen LogP contribution >= 0.6 is 27.3 Å². The number of hydrogen-bond acceptors (Lipinski definition) is 3. The SMILES string of the molecule is Cc1sc(CN2CCC(C3CCCN3)CC2)cc1Br. The molecule has 1 unspecified atom stereocenters. The number of rotatable bonds is 3. The number of likely N-dealkylation sites (tertiary alicyclic amines) is 1. The highest BCUT2D eigenvalue weighted by atomic mass is 79.9. The maximum absolute atomic E-state index is 3.68. The Morgan fingerprint density at radius 3 is 2.74 bits per heavy atom. The fraction of sp³-hybridized carbons (Fsp3) is 0.733. The van der Waals surface area contributed by atoms with Gasteiger partial charge in [0.1, 0.15) is 0 Å². The van der Waals surface area contributed by atoms with Crippen LogP contribution < -0.4 is 5.32 Å². The van der Waals surface area contributed by atoms with Crippen LogP contribution in [-0.4, -0.2) is 30.6 Å². The highest BCUT2D eigenvalue weighted by Crippen LogP contribution is 2.30. The first-order chi connectivity index (χ1) is 9.22. The Balaban J connectivity index is 1.49. The van der Waals surface area contributed by atoms with Gasteiger partial charge >= 0.3 is 0 Å². The predicted molar refractivity (Wildman–Crippen MR) is 85.8 cm³/mol. The van der Waals surface area contributed by atoms with Crippen molar-refractivity contribution in [2.24, 2.45) is 5.92 Å². The van der Waals surface area contributed by atoms with Crippen LogP contribution in [0.5, 0.6) is 0 Å². The Labute approximate surface area is 128 Å². The van der Waals surface area contributed by atoms with Crippen LogP contribution in [0.15, 0.2) is 10.5 Å². The molecular weight excluding hydrogens is 320 g/mol. The fourth-order valence-corrected chi connectivity index (χ4v) is 5.09. The molecule has 0 saturated carbocycles. The van der Waals surface area contributed by atoms with Crippen LogP contribution in [0.2, 0.25) is 0 Å². The first-order valence-corrected chi connectivity index (χ1v) is 9.04. The molecule has 3 rings (SSSR count). The molecule has 0 aromatic carbocycles. The number of thiophene rings is 1. The first kappa shape index (κ1) is 14.1. The summed E-state index contributed by atoms with van der Waals surface area (Å²) >= 11 is 5.55. The summed E-state index contributed by atoms with van der Waals surface area (Å²) in [6.45, 7) is 7.13. The molecule has 0 aliphatic carbocycles. The average Bonchev–Trinajstić information content (AvgIpc) is 3.02. The standard InChI is InChI=1S/C15H23BrN2S/c1-11-14(16)9-13(19-11)10-18-7-4-12(5-8-18)15-3-2-6-17-15/h9,12,15,17H,2-8,10H2,1H3. The molecule has 3 heterocycles. The zero-order valence-corrected chi connectivity index (χ0v) is 14.0. The van der Waals surface area contributed by atoms with Gasteiger partial charge in [-0.15, -0.1) is 11.3 Å². The lowest BCUT2D eigenvalue weighted by atomic mass is 9.88. The van der Waals surface area contributed by atoms with E-state index in [1.807, 2.05) is 11.3 Å². The van der Waals surface area contributed by atoms with Crippen LogP contribution in [0.3, 0.4) is 0 Å². The third-order valence-corrected chi connectivity index (χ3v) is 6.71. The van der Waals surface area contributed by atoms with Crippen molar-refractivity contribution in [3.8, 4) is 0 Å². The number of aryl methyl sites for hydroxylation is 1. The molecule has 0 spiro atoms. The summed E-state index contributed by atoms with van der Waals surface area (Å²) in [5, 5.41) is 3.68. The minimum absolute atomic E-state index is 0.820. The van der Waals surface area contributed by atoms with Crippen LogP contribution in [0.1, 0.15) is 35.4 Å². The van der Waals surface area contributed by atoms with Gasteiger partial charge in [-0.1, -0.05) is 0 Å². The van der Waals surface area contributed by atoms with E-state index in [1.165, 1.54) is 59.5 Å². The van der Waals surface area contributed by atoms with Crippen molar-refractivity contribution in [1.82, 2.24) is 10.2 Å². The van der Waals surface area contributed by atoms with Crippen LogP contribution in [0.25, 0.3) is 0 Å². The van der Waals surface area contributed by atoms with E-state index in [-0.39, 0.29) is 0 Å². The largest absolute Gasteiger partial charge is 0.314 e. The van der Waals surface area contributed by atoms with E-state index < -0.39 is 0 Å². The molecule has 1 aromatic rings. The second kappa shape index (κ2) is 6.25. The molecule has 4 heteroatoms. The van der Waals surface area contributed by atoms with E-state index in [2.05, 4.69) is 39.1 Å². The zero-order valence-electron chi connectivity index (χ0n) is 11.6. The molecule has 2 nitrogen and oxygen atoms in total.